The Balaban J connectivity index is 0.000000168. The average Bonchev–Trinajstić information content (AvgIpc) is 3.03. The molecule has 0 radical (unpaired) electrons. The van der Waals surface area contributed by atoms with Crippen molar-refractivity contribution in [3.8, 4) is 0 Å². The molecular weight excluding hydrogens is 504 g/mol. The molecule has 226 valence electrons. The molecular formula is C42H58. The molecule has 6 rings (SSSR count). The van der Waals surface area contributed by atoms with Crippen molar-refractivity contribution in [1.82, 2.24) is 0 Å². The Morgan fingerprint density at radius 1 is 0.524 bits per heavy atom. The van der Waals surface area contributed by atoms with Gasteiger partial charge in [0.2, 0.25) is 0 Å². The van der Waals surface area contributed by atoms with E-state index < -0.39 is 0 Å². The van der Waals surface area contributed by atoms with Crippen molar-refractivity contribution >= 4 is 0 Å². The van der Waals surface area contributed by atoms with Gasteiger partial charge in [0.05, 0.1) is 0 Å². The Hall–Kier alpha value is -2.34. The van der Waals surface area contributed by atoms with Gasteiger partial charge in [-0.25, -0.2) is 0 Å². The minimum Gasteiger partial charge on any atom is -0.0622 e. The number of rotatable bonds is 8. The van der Waals surface area contributed by atoms with Crippen molar-refractivity contribution in [2.24, 2.45) is 29.6 Å². The van der Waals surface area contributed by atoms with Gasteiger partial charge < -0.3 is 0 Å². The van der Waals surface area contributed by atoms with Gasteiger partial charge in [0.15, 0.2) is 0 Å². The molecule has 3 aromatic carbocycles. The normalized spacial score (nSPS) is 23.6. The molecule has 0 N–H and O–H groups in total. The molecule has 0 saturated heterocycles. The quantitative estimate of drug-likeness (QED) is 0.256. The van der Waals surface area contributed by atoms with E-state index in [-0.39, 0.29) is 0 Å². The van der Waals surface area contributed by atoms with Crippen LogP contribution in [0.5, 0.6) is 0 Å². The molecule has 0 heterocycles. The monoisotopic (exact) mass is 562 g/mol. The summed E-state index contributed by atoms with van der Waals surface area (Å²) < 4.78 is 0. The Bertz CT molecular complexity index is 1150. The zero-order valence-corrected chi connectivity index (χ0v) is 26.9. The molecule has 3 aromatic rings. The van der Waals surface area contributed by atoms with Crippen molar-refractivity contribution < 1.29 is 0 Å². The first kappa shape index (κ1) is 31.1. The van der Waals surface area contributed by atoms with E-state index in [1.165, 1.54) is 79.2 Å². The van der Waals surface area contributed by atoms with Crippen LogP contribution in [-0.4, -0.2) is 0 Å². The molecule has 0 spiro atoms. The first-order chi connectivity index (χ1) is 20.7. The van der Waals surface area contributed by atoms with E-state index in [1.54, 1.807) is 44.9 Å². The number of hydrogen-bond acceptors (Lipinski definition) is 0. The Morgan fingerprint density at radius 3 is 1.71 bits per heavy atom. The van der Waals surface area contributed by atoms with E-state index in [0.717, 1.165) is 42.4 Å². The first-order valence-electron chi connectivity index (χ1n) is 17.8. The van der Waals surface area contributed by atoms with Gasteiger partial charge in [-0.3, -0.25) is 0 Å². The molecule has 3 saturated carbocycles. The Labute approximate surface area is 258 Å². The molecule has 3 aliphatic rings. The summed E-state index contributed by atoms with van der Waals surface area (Å²) in [6.07, 6.45) is 25.2. The summed E-state index contributed by atoms with van der Waals surface area (Å²) in [5, 5.41) is 0. The smallest absolute Gasteiger partial charge is 0.00203 e. The molecule has 0 bridgehead atoms. The molecule has 3 aliphatic carbocycles. The summed E-state index contributed by atoms with van der Waals surface area (Å²) in [6, 6.07) is 28.1. The van der Waals surface area contributed by atoms with Crippen LogP contribution in [0.15, 0.2) is 78.9 Å². The summed E-state index contributed by atoms with van der Waals surface area (Å²) in [6.45, 7) is 4.80. The zero-order valence-electron chi connectivity index (χ0n) is 26.9. The van der Waals surface area contributed by atoms with Gasteiger partial charge in [-0.2, -0.15) is 0 Å². The molecule has 3 unspecified atom stereocenters. The largest absolute Gasteiger partial charge is 0.0622 e. The van der Waals surface area contributed by atoms with Crippen LogP contribution in [0.3, 0.4) is 0 Å². The van der Waals surface area contributed by atoms with Crippen molar-refractivity contribution in [3.05, 3.63) is 107 Å². The van der Waals surface area contributed by atoms with Crippen LogP contribution >= 0.6 is 0 Å². The summed E-state index contributed by atoms with van der Waals surface area (Å²) in [4.78, 5) is 0. The van der Waals surface area contributed by atoms with Crippen molar-refractivity contribution in [2.75, 3.05) is 0 Å². The average molecular weight is 563 g/mol. The molecule has 0 amide bonds. The first-order valence-corrected chi connectivity index (χ1v) is 17.8. The predicted octanol–water partition coefficient (Wildman–Crippen LogP) is 12.2. The fraction of sp³-hybridized carbons (Fsp3) is 0.571. The highest BCUT2D eigenvalue weighted by atomic mass is 14.4. The van der Waals surface area contributed by atoms with Crippen molar-refractivity contribution in [2.45, 2.75) is 123 Å². The van der Waals surface area contributed by atoms with Gasteiger partial charge >= 0.3 is 0 Å². The summed E-state index contributed by atoms with van der Waals surface area (Å²) in [5.41, 5.74) is 7.03. The summed E-state index contributed by atoms with van der Waals surface area (Å²) in [5.74, 6) is 5.40. The highest BCUT2D eigenvalue weighted by Crippen LogP contribution is 2.45. The van der Waals surface area contributed by atoms with Crippen molar-refractivity contribution in [1.29, 1.82) is 0 Å². The lowest BCUT2D eigenvalue weighted by molar-refractivity contribution is 0.0962. The van der Waals surface area contributed by atoms with Gasteiger partial charge in [0, 0.05) is 0 Å². The number of hydrogen-bond donors (Lipinski definition) is 0. The van der Waals surface area contributed by atoms with Crippen LogP contribution in [0.1, 0.15) is 131 Å². The van der Waals surface area contributed by atoms with Crippen LogP contribution in [0.2, 0.25) is 0 Å². The fourth-order valence-corrected chi connectivity index (χ4v) is 8.77. The van der Waals surface area contributed by atoms with Gasteiger partial charge in [0.1, 0.15) is 0 Å². The van der Waals surface area contributed by atoms with Gasteiger partial charge in [-0.15, -0.1) is 0 Å². The molecule has 42 heavy (non-hydrogen) atoms. The second-order valence-electron chi connectivity index (χ2n) is 14.3. The van der Waals surface area contributed by atoms with E-state index in [0.29, 0.717) is 0 Å². The van der Waals surface area contributed by atoms with E-state index in [9.17, 15) is 0 Å². The lowest BCUT2D eigenvalue weighted by atomic mass is 9.64. The second kappa shape index (κ2) is 16.5. The Morgan fingerprint density at radius 2 is 1.10 bits per heavy atom. The molecule has 0 heteroatoms. The summed E-state index contributed by atoms with van der Waals surface area (Å²) in [7, 11) is 0. The van der Waals surface area contributed by atoms with Gasteiger partial charge in [-0.1, -0.05) is 169 Å². The molecule has 3 atom stereocenters. The third-order valence-corrected chi connectivity index (χ3v) is 11.2. The standard InChI is InChI=1S/C21H38.C21H20/c2*1-17-9-8-14-20(15-18-10-4-2-5-11-18)21(17)16-19-12-6-3-7-13-19/h17-21H,2-16H2,1H3;2-14H,15-16H2,1H3. The van der Waals surface area contributed by atoms with E-state index in [4.69, 9.17) is 0 Å². The third kappa shape index (κ3) is 9.33. The minimum atomic E-state index is 1.00. The van der Waals surface area contributed by atoms with Crippen LogP contribution in [0.25, 0.3) is 0 Å². The van der Waals surface area contributed by atoms with E-state index in [1.807, 2.05) is 0 Å². The van der Waals surface area contributed by atoms with Gasteiger partial charge in [-0.05, 0) is 90.0 Å². The van der Waals surface area contributed by atoms with Crippen LogP contribution < -0.4 is 0 Å². The highest BCUT2D eigenvalue weighted by Gasteiger charge is 2.34. The maximum atomic E-state index is 2.58. The molecule has 0 aromatic heterocycles. The van der Waals surface area contributed by atoms with Crippen molar-refractivity contribution in [3.63, 3.8) is 0 Å². The Kier molecular flexibility index (Phi) is 12.2. The molecule has 0 aliphatic heterocycles. The lowest BCUT2D eigenvalue weighted by Gasteiger charge is -2.41. The van der Waals surface area contributed by atoms with E-state index >= 15 is 0 Å². The highest BCUT2D eigenvalue weighted by molar-refractivity contribution is 5.41. The fourth-order valence-electron chi connectivity index (χ4n) is 8.77. The minimum absolute atomic E-state index is 1.00. The number of aryl methyl sites for hydroxylation is 1. The summed E-state index contributed by atoms with van der Waals surface area (Å²) >= 11 is 0. The SMILES string of the molecule is CC1CCCC(CC2CCCCC2)C1CC1CCCCC1.Cc1cccc(Cc2ccccc2)c1Cc1ccccc1. The van der Waals surface area contributed by atoms with Crippen LogP contribution in [-0.2, 0) is 12.8 Å². The maximum absolute atomic E-state index is 2.58. The maximum Gasteiger partial charge on any atom is -0.00203 e. The van der Waals surface area contributed by atoms with Crippen LogP contribution in [0, 0.1) is 36.5 Å². The molecule has 3 fully saturated rings. The third-order valence-electron chi connectivity index (χ3n) is 11.2. The van der Waals surface area contributed by atoms with E-state index in [2.05, 4.69) is 92.7 Å². The zero-order chi connectivity index (χ0) is 29.0. The lowest BCUT2D eigenvalue weighted by Crippen LogP contribution is -2.31. The molecule has 0 nitrogen and oxygen atoms in total. The predicted molar refractivity (Wildman–Crippen MR) is 182 cm³/mol. The second-order valence-corrected chi connectivity index (χ2v) is 14.3. The van der Waals surface area contributed by atoms with Crippen LogP contribution in [0.4, 0.5) is 0 Å². The number of benzene rings is 3. The topological polar surface area (TPSA) is 0 Å². The van der Waals surface area contributed by atoms with Gasteiger partial charge in [0.25, 0.3) is 0 Å².